The molecule has 0 aromatic heterocycles. The summed E-state index contributed by atoms with van der Waals surface area (Å²) in [6, 6.07) is 7.13. The standard InChI is InChI=1S/C16H25NO/c1-12-5-8-15(13(2)9-12)18-11-16(3,4)10-17-14-6-7-14/h5,8-9,14,17H,6-7,10-11H2,1-4H3. The minimum Gasteiger partial charge on any atom is -0.493 e. The van der Waals surface area contributed by atoms with E-state index in [0.29, 0.717) is 0 Å². The Bertz CT molecular complexity index is 408. The second-order valence-corrected chi connectivity index (χ2v) is 6.38. The van der Waals surface area contributed by atoms with Gasteiger partial charge in [-0.15, -0.1) is 0 Å². The molecular weight excluding hydrogens is 222 g/mol. The maximum absolute atomic E-state index is 5.97. The van der Waals surface area contributed by atoms with Crippen molar-refractivity contribution >= 4 is 0 Å². The zero-order chi connectivity index (χ0) is 13.2. The summed E-state index contributed by atoms with van der Waals surface area (Å²) in [6.07, 6.45) is 2.68. The number of hydrogen-bond donors (Lipinski definition) is 1. The van der Waals surface area contributed by atoms with Crippen molar-refractivity contribution in [2.24, 2.45) is 5.41 Å². The monoisotopic (exact) mass is 247 g/mol. The molecule has 2 nitrogen and oxygen atoms in total. The molecule has 100 valence electrons. The second kappa shape index (κ2) is 5.31. The van der Waals surface area contributed by atoms with Crippen molar-refractivity contribution in [1.29, 1.82) is 0 Å². The van der Waals surface area contributed by atoms with Gasteiger partial charge in [-0.2, -0.15) is 0 Å². The Morgan fingerprint density at radius 1 is 1.28 bits per heavy atom. The average molecular weight is 247 g/mol. The number of aryl methyl sites for hydroxylation is 2. The van der Waals surface area contributed by atoms with Crippen LogP contribution in [-0.2, 0) is 0 Å². The minimum absolute atomic E-state index is 0.180. The van der Waals surface area contributed by atoms with Crippen LogP contribution in [0.3, 0.4) is 0 Å². The molecular formula is C16H25NO. The summed E-state index contributed by atoms with van der Waals surface area (Å²) >= 11 is 0. The van der Waals surface area contributed by atoms with Crippen molar-refractivity contribution in [2.75, 3.05) is 13.2 Å². The molecule has 0 atom stereocenters. The van der Waals surface area contributed by atoms with Gasteiger partial charge in [-0.25, -0.2) is 0 Å². The van der Waals surface area contributed by atoms with Crippen molar-refractivity contribution in [3.05, 3.63) is 29.3 Å². The molecule has 2 rings (SSSR count). The fourth-order valence-corrected chi connectivity index (χ4v) is 1.99. The van der Waals surface area contributed by atoms with E-state index in [2.05, 4.69) is 51.2 Å². The van der Waals surface area contributed by atoms with Gasteiger partial charge in [0.2, 0.25) is 0 Å². The predicted octanol–water partition coefficient (Wildman–Crippen LogP) is 3.46. The quantitative estimate of drug-likeness (QED) is 0.831. The van der Waals surface area contributed by atoms with Gasteiger partial charge in [-0.3, -0.25) is 0 Å². The fourth-order valence-electron chi connectivity index (χ4n) is 1.99. The first-order valence-electron chi connectivity index (χ1n) is 6.90. The number of rotatable bonds is 6. The molecule has 1 aromatic carbocycles. The van der Waals surface area contributed by atoms with Gasteiger partial charge in [0.15, 0.2) is 0 Å². The Morgan fingerprint density at radius 2 is 2.00 bits per heavy atom. The molecule has 0 amide bonds. The zero-order valence-electron chi connectivity index (χ0n) is 12.0. The van der Waals surface area contributed by atoms with E-state index in [1.54, 1.807) is 0 Å². The third-order valence-corrected chi connectivity index (χ3v) is 3.40. The summed E-state index contributed by atoms with van der Waals surface area (Å²) in [5.74, 6) is 1.01. The summed E-state index contributed by atoms with van der Waals surface area (Å²) in [5, 5.41) is 3.58. The van der Waals surface area contributed by atoms with E-state index in [9.17, 15) is 0 Å². The van der Waals surface area contributed by atoms with E-state index >= 15 is 0 Å². The van der Waals surface area contributed by atoms with Crippen LogP contribution in [0, 0.1) is 19.3 Å². The van der Waals surface area contributed by atoms with Crippen molar-refractivity contribution in [3.8, 4) is 5.75 Å². The molecule has 0 aliphatic heterocycles. The Kier molecular flexibility index (Phi) is 3.96. The lowest BCUT2D eigenvalue weighted by Crippen LogP contribution is -2.35. The van der Waals surface area contributed by atoms with Crippen LogP contribution in [-0.4, -0.2) is 19.2 Å². The summed E-state index contributed by atoms with van der Waals surface area (Å²) in [7, 11) is 0. The van der Waals surface area contributed by atoms with Gasteiger partial charge >= 0.3 is 0 Å². The Morgan fingerprint density at radius 3 is 2.61 bits per heavy atom. The van der Waals surface area contributed by atoms with Crippen LogP contribution in [0.2, 0.25) is 0 Å². The molecule has 1 aromatic rings. The smallest absolute Gasteiger partial charge is 0.122 e. The predicted molar refractivity (Wildman–Crippen MR) is 76.2 cm³/mol. The van der Waals surface area contributed by atoms with Gasteiger partial charge in [0.1, 0.15) is 5.75 Å². The molecule has 0 unspecified atom stereocenters. The molecule has 2 heteroatoms. The van der Waals surface area contributed by atoms with E-state index < -0.39 is 0 Å². The molecule has 1 aliphatic rings. The van der Waals surface area contributed by atoms with Crippen LogP contribution in [0.1, 0.15) is 37.8 Å². The first-order valence-corrected chi connectivity index (χ1v) is 6.90. The van der Waals surface area contributed by atoms with Gasteiger partial charge in [0, 0.05) is 18.0 Å². The van der Waals surface area contributed by atoms with Crippen molar-refractivity contribution in [2.45, 2.75) is 46.6 Å². The van der Waals surface area contributed by atoms with E-state index in [4.69, 9.17) is 4.74 Å². The lowest BCUT2D eigenvalue weighted by molar-refractivity contribution is 0.175. The third-order valence-electron chi connectivity index (χ3n) is 3.40. The second-order valence-electron chi connectivity index (χ2n) is 6.38. The number of nitrogens with one attached hydrogen (secondary N) is 1. The molecule has 1 saturated carbocycles. The van der Waals surface area contributed by atoms with Gasteiger partial charge in [-0.1, -0.05) is 31.5 Å². The Balaban J connectivity index is 1.84. The highest BCUT2D eigenvalue weighted by Crippen LogP contribution is 2.24. The van der Waals surface area contributed by atoms with E-state index in [0.717, 1.165) is 24.9 Å². The number of benzene rings is 1. The van der Waals surface area contributed by atoms with Crippen molar-refractivity contribution in [3.63, 3.8) is 0 Å². The fraction of sp³-hybridized carbons (Fsp3) is 0.625. The topological polar surface area (TPSA) is 21.3 Å². The van der Waals surface area contributed by atoms with Gasteiger partial charge in [0.25, 0.3) is 0 Å². The third kappa shape index (κ3) is 4.02. The highest BCUT2D eigenvalue weighted by Gasteiger charge is 2.25. The van der Waals surface area contributed by atoms with Crippen LogP contribution >= 0.6 is 0 Å². The van der Waals surface area contributed by atoms with Crippen LogP contribution < -0.4 is 10.1 Å². The minimum atomic E-state index is 0.180. The van der Waals surface area contributed by atoms with Gasteiger partial charge < -0.3 is 10.1 Å². The molecule has 1 fully saturated rings. The summed E-state index contributed by atoms with van der Waals surface area (Å²) < 4.78 is 5.97. The molecule has 18 heavy (non-hydrogen) atoms. The highest BCUT2D eigenvalue weighted by molar-refractivity contribution is 5.35. The van der Waals surface area contributed by atoms with Gasteiger partial charge in [0.05, 0.1) is 6.61 Å². The summed E-state index contributed by atoms with van der Waals surface area (Å²) in [5.41, 5.74) is 2.69. The van der Waals surface area contributed by atoms with E-state index in [1.165, 1.54) is 24.0 Å². The lowest BCUT2D eigenvalue weighted by atomic mass is 9.95. The average Bonchev–Trinajstić information content (AvgIpc) is 3.09. The maximum Gasteiger partial charge on any atom is 0.122 e. The van der Waals surface area contributed by atoms with E-state index in [-0.39, 0.29) is 5.41 Å². The molecule has 1 aliphatic carbocycles. The Hall–Kier alpha value is -1.02. The molecule has 0 radical (unpaired) electrons. The van der Waals surface area contributed by atoms with Crippen molar-refractivity contribution < 1.29 is 4.74 Å². The van der Waals surface area contributed by atoms with Crippen molar-refractivity contribution in [1.82, 2.24) is 5.32 Å². The molecule has 1 N–H and O–H groups in total. The molecule has 0 spiro atoms. The lowest BCUT2D eigenvalue weighted by Gasteiger charge is -2.25. The first-order chi connectivity index (χ1) is 8.46. The van der Waals surface area contributed by atoms with E-state index in [1.807, 2.05) is 0 Å². The Labute approximate surface area is 111 Å². The van der Waals surface area contributed by atoms with Crippen LogP contribution in [0.5, 0.6) is 5.75 Å². The highest BCUT2D eigenvalue weighted by atomic mass is 16.5. The van der Waals surface area contributed by atoms with Crippen LogP contribution in [0.15, 0.2) is 18.2 Å². The molecule has 0 saturated heterocycles. The zero-order valence-corrected chi connectivity index (χ0v) is 12.0. The summed E-state index contributed by atoms with van der Waals surface area (Å²) in [4.78, 5) is 0. The first kappa shape index (κ1) is 13.4. The molecule has 0 bridgehead atoms. The SMILES string of the molecule is Cc1ccc(OCC(C)(C)CNC2CC2)c(C)c1. The largest absolute Gasteiger partial charge is 0.493 e. The maximum atomic E-state index is 5.97. The number of hydrogen-bond acceptors (Lipinski definition) is 2. The van der Waals surface area contributed by atoms with Gasteiger partial charge in [-0.05, 0) is 38.3 Å². The van der Waals surface area contributed by atoms with Crippen LogP contribution in [0.25, 0.3) is 0 Å². The summed E-state index contributed by atoms with van der Waals surface area (Å²) in [6.45, 7) is 10.5. The number of ether oxygens (including phenoxy) is 1. The van der Waals surface area contributed by atoms with Crippen LogP contribution in [0.4, 0.5) is 0 Å². The normalized spacial score (nSPS) is 15.8. The molecule has 0 heterocycles.